The van der Waals surface area contributed by atoms with E-state index in [1.165, 1.54) is 16.7 Å². The van der Waals surface area contributed by atoms with Gasteiger partial charge in [0.15, 0.2) is 0 Å². The zero-order chi connectivity index (χ0) is 13.5. The predicted molar refractivity (Wildman–Crippen MR) is 80.3 cm³/mol. The number of rotatable bonds is 2. The summed E-state index contributed by atoms with van der Waals surface area (Å²) >= 11 is 0. The number of hydrogen-bond donors (Lipinski definition) is 0. The Morgan fingerprint density at radius 3 is 2.06 bits per heavy atom. The minimum atomic E-state index is 0.351. The lowest BCUT2D eigenvalue weighted by Gasteiger charge is -2.21. The summed E-state index contributed by atoms with van der Waals surface area (Å²) in [6.45, 7) is 15.2. The Morgan fingerprint density at radius 2 is 1.65 bits per heavy atom. The third-order valence-electron chi connectivity index (χ3n) is 2.56. The molecule has 0 atom stereocenters. The van der Waals surface area contributed by atoms with Crippen LogP contribution in [0.1, 0.15) is 59.1 Å². The van der Waals surface area contributed by atoms with Gasteiger partial charge in [-0.1, -0.05) is 65.0 Å². The lowest BCUT2D eigenvalue weighted by Crippen LogP contribution is -2.06. The molecule has 0 aliphatic heterocycles. The monoisotopic (exact) mass is 232 g/mol. The first-order chi connectivity index (χ1) is 7.94. The van der Waals surface area contributed by atoms with Gasteiger partial charge in [-0.25, -0.2) is 0 Å². The topological polar surface area (TPSA) is 0 Å². The van der Waals surface area contributed by atoms with Gasteiger partial charge >= 0.3 is 0 Å². The second-order valence-corrected chi connectivity index (χ2v) is 5.37. The maximum Gasteiger partial charge on any atom is -0.0198 e. The first kappa shape index (κ1) is 16.0. The van der Waals surface area contributed by atoms with Crippen molar-refractivity contribution in [3.63, 3.8) is 0 Å². The van der Waals surface area contributed by atoms with Crippen molar-refractivity contribution in [1.82, 2.24) is 0 Å². The molecule has 96 valence electrons. The van der Waals surface area contributed by atoms with E-state index in [0.717, 1.165) is 6.42 Å². The van der Waals surface area contributed by atoms with Crippen molar-refractivity contribution in [3.05, 3.63) is 41.5 Å². The molecule has 1 rings (SSSR count). The van der Waals surface area contributed by atoms with Crippen LogP contribution in [0.5, 0.6) is 0 Å². The first-order valence-electron chi connectivity index (χ1n) is 6.65. The van der Waals surface area contributed by atoms with Gasteiger partial charge in [-0.3, -0.25) is 0 Å². The van der Waals surface area contributed by atoms with E-state index in [1.54, 1.807) is 0 Å². The number of benzene rings is 1. The van der Waals surface area contributed by atoms with Crippen LogP contribution in [-0.4, -0.2) is 0 Å². The second-order valence-electron chi connectivity index (χ2n) is 5.37. The summed E-state index contributed by atoms with van der Waals surface area (Å²) in [6, 6.07) is 8.62. The molecule has 0 heterocycles. The minimum Gasteiger partial charge on any atom is -0.0838 e. The molecule has 0 unspecified atom stereocenters. The average Bonchev–Trinajstić information content (AvgIpc) is 2.28. The average molecular weight is 232 g/mol. The van der Waals surface area contributed by atoms with Gasteiger partial charge in [0.25, 0.3) is 0 Å². The van der Waals surface area contributed by atoms with Crippen LogP contribution in [0.4, 0.5) is 0 Å². The molecule has 0 aromatic heterocycles. The lowest BCUT2D eigenvalue weighted by molar-refractivity contribution is 0.427. The highest BCUT2D eigenvalue weighted by Gasteiger charge is 2.14. The lowest BCUT2D eigenvalue weighted by atomic mass is 9.84. The molecular weight excluding hydrogens is 204 g/mol. The van der Waals surface area contributed by atoms with Gasteiger partial charge < -0.3 is 0 Å². The molecule has 0 aliphatic rings. The highest BCUT2D eigenvalue weighted by Crippen LogP contribution is 2.31. The van der Waals surface area contributed by atoms with E-state index >= 15 is 0 Å². The Morgan fingerprint density at radius 1 is 1.12 bits per heavy atom. The molecule has 0 spiro atoms. The van der Waals surface area contributed by atoms with Crippen molar-refractivity contribution in [2.75, 3.05) is 0 Å². The highest BCUT2D eigenvalue weighted by atomic mass is 14.2. The molecule has 17 heavy (non-hydrogen) atoms. The van der Waals surface area contributed by atoms with Crippen molar-refractivity contribution < 1.29 is 0 Å². The molecule has 0 aliphatic carbocycles. The molecule has 1 aromatic rings. The van der Waals surface area contributed by atoms with E-state index in [0.29, 0.717) is 5.41 Å². The number of aryl methyl sites for hydroxylation is 1. The Kier molecular flexibility index (Phi) is 6.87. The normalized spacial score (nSPS) is 11.8. The third-order valence-corrected chi connectivity index (χ3v) is 2.56. The molecule has 0 bridgehead atoms. The van der Waals surface area contributed by atoms with Crippen LogP contribution in [0.25, 0.3) is 5.57 Å². The van der Waals surface area contributed by atoms with Crippen molar-refractivity contribution in [3.8, 4) is 0 Å². The standard InChI is InChI=1S/C15H22.C2H6/c1-6-13(11-15(3,4)5)14-10-8-7-9-12(14)2;1-2/h6-10H,11H2,1-5H3;1-2H3/b13-6-;. The number of allylic oxidation sites excluding steroid dienone is 2. The SMILES string of the molecule is C/C=C(/CC(C)(C)C)c1ccccc1C.CC. The van der Waals surface area contributed by atoms with Crippen LogP contribution in [0.15, 0.2) is 30.3 Å². The van der Waals surface area contributed by atoms with Crippen LogP contribution >= 0.6 is 0 Å². The fraction of sp³-hybridized carbons (Fsp3) is 0.529. The second kappa shape index (κ2) is 7.32. The zero-order valence-corrected chi connectivity index (χ0v) is 12.6. The zero-order valence-electron chi connectivity index (χ0n) is 12.6. The maximum atomic E-state index is 2.29. The van der Waals surface area contributed by atoms with Gasteiger partial charge in [-0.15, -0.1) is 0 Å². The molecular formula is C17H28. The molecule has 0 fully saturated rings. The summed E-state index contributed by atoms with van der Waals surface area (Å²) in [5.74, 6) is 0. The van der Waals surface area contributed by atoms with Gasteiger partial charge in [0.05, 0.1) is 0 Å². The summed E-state index contributed by atoms with van der Waals surface area (Å²) in [5, 5.41) is 0. The minimum absolute atomic E-state index is 0.351. The van der Waals surface area contributed by atoms with Gasteiger partial charge in [0.2, 0.25) is 0 Å². The van der Waals surface area contributed by atoms with Crippen molar-refractivity contribution in [2.24, 2.45) is 5.41 Å². The maximum absolute atomic E-state index is 2.29. The van der Waals surface area contributed by atoms with Gasteiger partial charge in [-0.2, -0.15) is 0 Å². The summed E-state index contributed by atoms with van der Waals surface area (Å²) < 4.78 is 0. The molecule has 0 heteroatoms. The first-order valence-corrected chi connectivity index (χ1v) is 6.65. The smallest absolute Gasteiger partial charge is 0.0198 e. The quantitative estimate of drug-likeness (QED) is 0.599. The summed E-state index contributed by atoms with van der Waals surface area (Å²) in [4.78, 5) is 0. The summed E-state index contributed by atoms with van der Waals surface area (Å²) in [5.41, 5.74) is 4.58. The van der Waals surface area contributed by atoms with E-state index in [9.17, 15) is 0 Å². The Balaban J connectivity index is 0.00000121. The van der Waals surface area contributed by atoms with Crippen molar-refractivity contribution >= 4 is 5.57 Å². The van der Waals surface area contributed by atoms with E-state index < -0.39 is 0 Å². The van der Waals surface area contributed by atoms with Gasteiger partial charge in [-0.05, 0) is 42.4 Å². The molecule has 0 saturated carbocycles. The van der Waals surface area contributed by atoms with E-state index in [2.05, 4.69) is 65.0 Å². The third kappa shape index (κ3) is 5.72. The molecule has 0 radical (unpaired) electrons. The fourth-order valence-electron chi connectivity index (χ4n) is 1.86. The Labute approximate surface area is 108 Å². The molecule has 0 nitrogen and oxygen atoms in total. The van der Waals surface area contributed by atoms with Crippen LogP contribution in [0.3, 0.4) is 0 Å². The Bertz CT molecular complexity index is 351. The van der Waals surface area contributed by atoms with Crippen molar-refractivity contribution in [1.29, 1.82) is 0 Å². The molecule has 0 amide bonds. The van der Waals surface area contributed by atoms with E-state index in [1.807, 2.05) is 13.8 Å². The predicted octanol–water partition coefficient (Wildman–Crippen LogP) is 5.86. The summed E-state index contributed by atoms with van der Waals surface area (Å²) in [7, 11) is 0. The van der Waals surface area contributed by atoms with Crippen LogP contribution in [0, 0.1) is 12.3 Å². The van der Waals surface area contributed by atoms with Crippen LogP contribution in [0.2, 0.25) is 0 Å². The van der Waals surface area contributed by atoms with Crippen molar-refractivity contribution in [2.45, 2.75) is 54.9 Å². The van der Waals surface area contributed by atoms with Crippen LogP contribution < -0.4 is 0 Å². The van der Waals surface area contributed by atoms with Gasteiger partial charge in [0, 0.05) is 0 Å². The molecule has 1 aromatic carbocycles. The van der Waals surface area contributed by atoms with Gasteiger partial charge in [0.1, 0.15) is 0 Å². The molecule has 0 saturated heterocycles. The highest BCUT2D eigenvalue weighted by molar-refractivity contribution is 5.68. The van der Waals surface area contributed by atoms with E-state index in [4.69, 9.17) is 0 Å². The number of hydrogen-bond acceptors (Lipinski definition) is 0. The fourth-order valence-corrected chi connectivity index (χ4v) is 1.86. The van der Waals surface area contributed by atoms with Crippen LogP contribution in [-0.2, 0) is 0 Å². The summed E-state index contributed by atoms with van der Waals surface area (Å²) in [6.07, 6.45) is 3.38. The Hall–Kier alpha value is -1.04. The van der Waals surface area contributed by atoms with E-state index in [-0.39, 0.29) is 0 Å². The largest absolute Gasteiger partial charge is 0.0838 e. The molecule has 0 N–H and O–H groups in total.